The summed E-state index contributed by atoms with van der Waals surface area (Å²) in [5.41, 5.74) is 3.63. The summed E-state index contributed by atoms with van der Waals surface area (Å²) in [4.78, 5) is 9.77. The number of aryl methyl sites for hydroxylation is 1. The van der Waals surface area contributed by atoms with Crippen LogP contribution in [-0.2, 0) is 11.2 Å². The van der Waals surface area contributed by atoms with Crippen LogP contribution in [0.2, 0.25) is 0 Å². The second-order valence-corrected chi connectivity index (χ2v) is 6.03. The predicted molar refractivity (Wildman–Crippen MR) is 96.3 cm³/mol. The van der Waals surface area contributed by atoms with Crippen molar-refractivity contribution in [3.05, 3.63) is 36.0 Å². The summed E-state index contributed by atoms with van der Waals surface area (Å²) in [5.74, 6) is 0. The van der Waals surface area contributed by atoms with Gasteiger partial charge in [-0.3, -0.25) is 9.88 Å². The van der Waals surface area contributed by atoms with Gasteiger partial charge in [-0.05, 0) is 25.5 Å². The molecule has 0 atom stereocenters. The van der Waals surface area contributed by atoms with Crippen LogP contribution < -0.4 is 4.90 Å². The number of aromatic nitrogens is 1. The summed E-state index contributed by atoms with van der Waals surface area (Å²) >= 11 is 0. The molecule has 0 saturated carbocycles. The number of nitrogens with zero attached hydrogens (tertiary/aromatic N) is 3. The Morgan fingerprint density at radius 1 is 1.09 bits per heavy atom. The van der Waals surface area contributed by atoms with E-state index in [1.54, 1.807) is 0 Å². The highest BCUT2D eigenvalue weighted by molar-refractivity contribution is 5.92. The molecule has 2 aromatic rings. The van der Waals surface area contributed by atoms with Gasteiger partial charge in [0.1, 0.15) is 0 Å². The van der Waals surface area contributed by atoms with Crippen LogP contribution in [0.1, 0.15) is 19.5 Å². The van der Waals surface area contributed by atoms with Crippen LogP contribution in [0.3, 0.4) is 0 Å². The average molecular weight is 313 g/mol. The normalized spacial score (nSPS) is 16.2. The number of benzene rings is 1. The van der Waals surface area contributed by atoms with Crippen LogP contribution in [0.5, 0.6) is 0 Å². The number of pyridine rings is 1. The average Bonchev–Trinajstić information content (AvgIpc) is 2.61. The van der Waals surface area contributed by atoms with E-state index in [-0.39, 0.29) is 0 Å². The van der Waals surface area contributed by atoms with Crippen molar-refractivity contribution in [1.82, 2.24) is 9.88 Å². The Hall–Kier alpha value is -1.65. The highest BCUT2D eigenvalue weighted by Gasteiger charge is 2.19. The molecule has 124 valence electrons. The third-order valence-corrected chi connectivity index (χ3v) is 4.58. The van der Waals surface area contributed by atoms with Gasteiger partial charge < -0.3 is 9.64 Å². The minimum atomic E-state index is 0.808. The monoisotopic (exact) mass is 313 g/mol. The lowest BCUT2D eigenvalue weighted by Crippen LogP contribution is -2.47. The zero-order valence-electron chi connectivity index (χ0n) is 14.3. The highest BCUT2D eigenvalue weighted by Crippen LogP contribution is 2.27. The van der Waals surface area contributed by atoms with E-state index >= 15 is 0 Å². The topological polar surface area (TPSA) is 28.6 Å². The van der Waals surface area contributed by atoms with Gasteiger partial charge in [0.25, 0.3) is 0 Å². The lowest BCUT2D eigenvalue weighted by molar-refractivity contribution is 0.111. The first-order chi connectivity index (χ1) is 11.3. The maximum absolute atomic E-state index is 5.47. The summed E-state index contributed by atoms with van der Waals surface area (Å²) in [5, 5.41) is 1.27. The van der Waals surface area contributed by atoms with E-state index in [4.69, 9.17) is 9.72 Å². The molecular weight excluding hydrogens is 286 g/mol. The minimum Gasteiger partial charge on any atom is -0.380 e. The third-order valence-electron chi connectivity index (χ3n) is 4.58. The molecule has 4 heteroatoms. The second kappa shape index (κ2) is 7.75. The summed E-state index contributed by atoms with van der Waals surface area (Å²) in [6.07, 6.45) is 0.978. The van der Waals surface area contributed by atoms with Crippen molar-refractivity contribution < 1.29 is 4.74 Å². The Morgan fingerprint density at radius 3 is 2.61 bits per heavy atom. The van der Waals surface area contributed by atoms with Gasteiger partial charge in [-0.2, -0.15) is 0 Å². The first-order valence-corrected chi connectivity index (χ1v) is 8.75. The van der Waals surface area contributed by atoms with E-state index in [1.807, 2.05) is 0 Å². The van der Waals surface area contributed by atoms with Gasteiger partial charge in [0, 0.05) is 56.1 Å². The van der Waals surface area contributed by atoms with Gasteiger partial charge >= 0.3 is 0 Å². The van der Waals surface area contributed by atoms with Crippen LogP contribution in [0, 0.1) is 0 Å². The smallest absolute Gasteiger partial charge is 0.0726 e. The molecule has 1 saturated heterocycles. The Balaban J connectivity index is 1.74. The zero-order valence-corrected chi connectivity index (χ0v) is 14.3. The van der Waals surface area contributed by atoms with Gasteiger partial charge in [0.2, 0.25) is 0 Å². The predicted octanol–water partition coefficient (Wildman–Crippen LogP) is 2.96. The van der Waals surface area contributed by atoms with Crippen molar-refractivity contribution in [3.63, 3.8) is 0 Å². The number of piperazine rings is 1. The largest absolute Gasteiger partial charge is 0.380 e. The fourth-order valence-electron chi connectivity index (χ4n) is 3.20. The van der Waals surface area contributed by atoms with Crippen molar-refractivity contribution in [2.75, 3.05) is 50.8 Å². The SMILES string of the molecule is CCOCCN1CCN(c2cc(CC)nc3ccccc23)CC1. The molecule has 0 unspecified atom stereocenters. The third kappa shape index (κ3) is 3.82. The maximum atomic E-state index is 5.47. The highest BCUT2D eigenvalue weighted by atomic mass is 16.5. The Labute approximate surface area is 139 Å². The van der Waals surface area contributed by atoms with Gasteiger partial charge in [0.15, 0.2) is 0 Å². The molecule has 1 aliphatic rings. The molecule has 1 aliphatic heterocycles. The van der Waals surface area contributed by atoms with E-state index in [0.717, 1.165) is 57.9 Å². The molecule has 3 rings (SSSR count). The number of hydrogen-bond acceptors (Lipinski definition) is 4. The summed E-state index contributed by atoms with van der Waals surface area (Å²) in [6.45, 7) is 11.3. The van der Waals surface area contributed by atoms with Crippen LogP contribution in [0.15, 0.2) is 30.3 Å². The molecule has 0 aliphatic carbocycles. The fourth-order valence-corrected chi connectivity index (χ4v) is 3.20. The van der Waals surface area contributed by atoms with E-state index in [0.29, 0.717) is 0 Å². The number of rotatable bonds is 6. The molecular formula is C19H27N3O. The quantitative estimate of drug-likeness (QED) is 0.767. The summed E-state index contributed by atoms with van der Waals surface area (Å²) in [7, 11) is 0. The van der Waals surface area contributed by atoms with Crippen LogP contribution in [0.25, 0.3) is 10.9 Å². The van der Waals surface area contributed by atoms with Crippen LogP contribution in [-0.4, -0.2) is 55.8 Å². The van der Waals surface area contributed by atoms with E-state index in [2.05, 4.69) is 54.0 Å². The lowest BCUT2D eigenvalue weighted by Gasteiger charge is -2.36. The Bertz CT molecular complexity index is 636. The lowest BCUT2D eigenvalue weighted by atomic mass is 10.1. The van der Waals surface area contributed by atoms with Gasteiger partial charge in [-0.1, -0.05) is 25.1 Å². The van der Waals surface area contributed by atoms with Gasteiger partial charge in [0.05, 0.1) is 12.1 Å². The molecule has 0 spiro atoms. The van der Waals surface area contributed by atoms with Gasteiger partial charge in [-0.15, -0.1) is 0 Å². The molecule has 0 N–H and O–H groups in total. The standard InChI is InChI=1S/C19H27N3O/c1-3-16-15-19(17-7-5-6-8-18(17)20-16)22-11-9-21(10-12-22)13-14-23-4-2/h5-8,15H,3-4,9-14H2,1-2H3. The first-order valence-electron chi connectivity index (χ1n) is 8.75. The Kier molecular flexibility index (Phi) is 5.47. The van der Waals surface area contributed by atoms with Crippen molar-refractivity contribution in [1.29, 1.82) is 0 Å². The van der Waals surface area contributed by atoms with Crippen molar-refractivity contribution in [2.24, 2.45) is 0 Å². The molecule has 1 aromatic heterocycles. The summed E-state index contributed by atoms with van der Waals surface area (Å²) in [6, 6.07) is 10.8. The number of fused-ring (bicyclic) bond motifs is 1. The minimum absolute atomic E-state index is 0.808. The fraction of sp³-hybridized carbons (Fsp3) is 0.526. The molecule has 0 bridgehead atoms. The first kappa shape index (κ1) is 16.2. The van der Waals surface area contributed by atoms with Crippen molar-refractivity contribution in [3.8, 4) is 0 Å². The van der Waals surface area contributed by atoms with Crippen molar-refractivity contribution >= 4 is 16.6 Å². The molecule has 2 heterocycles. The maximum Gasteiger partial charge on any atom is 0.0726 e. The van der Waals surface area contributed by atoms with E-state index in [1.165, 1.54) is 16.8 Å². The molecule has 0 amide bonds. The van der Waals surface area contributed by atoms with E-state index < -0.39 is 0 Å². The van der Waals surface area contributed by atoms with E-state index in [9.17, 15) is 0 Å². The Morgan fingerprint density at radius 2 is 1.87 bits per heavy atom. The van der Waals surface area contributed by atoms with Crippen LogP contribution in [0.4, 0.5) is 5.69 Å². The summed E-state index contributed by atoms with van der Waals surface area (Å²) < 4.78 is 5.47. The molecule has 23 heavy (non-hydrogen) atoms. The van der Waals surface area contributed by atoms with Crippen LogP contribution >= 0.6 is 0 Å². The molecule has 0 radical (unpaired) electrons. The number of ether oxygens (including phenoxy) is 1. The number of anilines is 1. The zero-order chi connectivity index (χ0) is 16.1. The molecule has 1 aromatic carbocycles. The molecule has 1 fully saturated rings. The number of hydrogen-bond donors (Lipinski definition) is 0. The van der Waals surface area contributed by atoms with Crippen molar-refractivity contribution in [2.45, 2.75) is 20.3 Å². The molecule has 4 nitrogen and oxygen atoms in total. The number of para-hydroxylation sites is 1. The van der Waals surface area contributed by atoms with Gasteiger partial charge in [-0.25, -0.2) is 0 Å². The second-order valence-electron chi connectivity index (χ2n) is 6.03.